The van der Waals surface area contributed by atoms with E-state index in [1.165, 1.54) is 10.4 Å². The van der Waals surface area contributed by atoms with E-state index in [-0.39, 0.29) is 0 Å². The summed E-state index contributed by atoms with van der Waals surface area (Å²) in [5.41, 5.74) is 0. The summed E-state index contributed by atoms with van der Waals surface area (Å²) in [6.45, 7) is 4.76. The third-order valence-corrected chi connectivity index (χ3v) is 6.86. The second-order valence-electron chi connectivity index (χ2n) is 4.72. The van der Waals surface area contributed by atoms with Gasteiger partial charge in [-0.05, 0) is 22.5 Å². The number of rotatable bonds is 0. The van der Waals surface area contributed by atoms with Crippen LogP contribution in [0.4, 0.5) is 0 Å². The maximum atomic E-state index is 5.95. The van der Waals surface area contributed by atoms with Crippen molar-refractivity contribution < 1.29 is 4.74 Å². The molecular weight excluding hydrogens is 212 g/mol. The van der Waals surface area contributed by atoms with E-state index in [1.54, 1.807) is 0 Å². The van der Waals surface area contributed by atoms with E-state index < -0.39 is 8.07 Å². The predicted octanol–water partition coefficient (Wildman–Crippen LogP) is 2.61. The van der Waals surface area contributed by atoms with Gasteiger partial charge in [0.05, 0.1) is 0 Å². The molecule has 0 aliphatic carbocycles. The molecule has 0 aromatic heterocycles. The van der Waals surface area contributed by atoms with E-state index in [4.69, 9.17) is 4.74 Å². The lowest BCUT2D eigenvalue weighted by atomic mass is 10.3. The van der Waals surface area contributed by atoms with Gasteiger partial charge in [0, 0.05) is 0 Å². The average Bonchev–Trinajstić information content (AvgIpc) is 2.29. The van der Waals surface area contributed by atoms with Crippen LogP contribution in [0.5, 0.6) is 11.5 Å². The molecule has 0 saturated heterocycles. The molecule has 0 saturated carbocycles. The zero-order valence-electron chi connectivity index (χ0n) is 9.53. The van der Waals surface area contributed by atoms with Gasteiger partial charge in [0.1, 0.15) is 19.6 Å². The highest BCUT2D eigenvalue weighted by molar-refractivity contribution is 7.01. The van der Waals surface area contributed by atoms with Crippen LogP contribution in [-0.4, -0.2) is 8.07 Å². The van der Waals surface area contributed by atoms with Crippen LogP contribution in [0.1, 0.15) is 0 Å². The summed E-state index contributed by atoms with van der Waals surface area (Å²) in [5, 5.41) is 2.79. The summed E-state index contributed by atoms with van der Waals surface area (Å²) in [5.74, 6) is 2.08. The number of benzene rings is 2. The molecule has 1 heterocycles. The lowest BCUT2D eigenvalue weighted by Crippen LogP contribution is -2.55. The summed E-state index contributed by atoms with van der Waals surface area (Å²) >= 11 is 0. The minimum atomic E-state index is -1.56. The topological polar surface area (TPSA) is 9.23 Å². The van der Waals surface area contributed by atoms with Crippen LogP contribution in [0.15, 0.2) is 48.5 Å². The summed E-state index contributed by atoms with van der Waals surface area (Å²) < 4.78 is 5.95. The van der Waals surface area contributed by atoms with E-state index >= 15 is 0 Å². The summed E-state index contributed by atoms with van der Waals surface area (Å²) in [6.07, 6.45) is 0. The zero-order chi connectivity index (χ0) is 11.2. The second-order valence-corrected chi connectivity index (χ2v) is 9.05. The molecule has 2 aromatic carbocycles. The second kappa shape index (κ2) is 3.22. The van der Waals surface area contributed by atoms with Gasteiger partial charge < -0.3 is 4.74 Å². The van der Waals surface area contributed by atoms with Crippen LogP contribution in [0, 0.1) is 0 Å². The molecule has 3 rings (SSSR count). The molecule has 0 spiro atoms. The van der Waals surface area contributed by atoms with Gasteiger partial charge in [0.15, 0.2) is 0 Å². The van der Waals surface area contributed by atoms with Crippen molar-refractivity contribution >= 4 is 18.4 Å². The molecule has 0 N–H and O–H groups in total. The largest absolute Gasteiger partial charge is 0.458 e. The number of ether oxygens (including phenoxy) is 1. The molecule has 1 nitrogen and oxygen atoms in total. The molecule has 2 aromatic rings. The molecule has 1 aliphatic rings. The number of hydrogen-bond donors (Lipinski definition) is 0. The first-order valence-corrected chi connectivity index (χ1v) is 8.56. The van der Waals surface area contributed by atoms with Crippen molar-refractivity contribution in [3.63, 3.8) is 0 Å². The number of para-hydroxylation sites is 2. The van der Waals surface area contributed by atoms with Crippen molar-refractivity contribution in [2.24, 2.45) is 0 Å². The third kappa shape index (κ3) is 1.23. The first-order chi connectivity index (χ1) is 7.69. The molecule has 16 heavy (non-hydrogen) atoms. The van der Waals surface area contributed by atoms with Gasteiger partial charge >= 0.3 is 0 Å². The molecule has 0 unspecified atom stereocenters. The van der Waals surface area contributed by atoms with E-state index in [9.17, 15) is 0 Å². The van der Waals surface area contributed by atoms with Crippen molar-refractivity contribution in [1.29, 1.82) is 0 Å². The Bertz CT molecular complexity index is 498. The molecular formula is C14H14OSi. The molecule has 0 fully saturated rings. The first-order valence-electron chi connectivity index (χ1n) is 5.56. The van der Waals surface area contributed by atoms with Crippen LogP contribution in [0.25, 0.3) is 0 Å². The Morgan fingerprint density at radius 3 is 1.69 bits per heavy atom. The van der Waals surface area contributed by atoms with Gasteiger partial charge in [-0.1, -0.05) is 49.5 Å². The van der Waals surface area contributed by atoms with Crippen LogP contribution < -0.4 is 15.1 Å². The highest BCUT2D eigenvalue weighted by Crippen LogP contribution is 2.27. The van der Waals surface area contributed by atoms with Crippen LogP contribution in [0.2, 0.25) is 13.1 Å². The van der Waals surface area contributed by atoms with Gasteiger partial charge in [0.2, 0.25) is 0 Å². The molecule has 0 radical (unpaired) electrons. The van der Waals surface area contributed by atoms with E-state index in [2.05, 4.69) is 49.5 Å². The summed E-state index contributed by atoms with van der Waals surface area (Å²) in [4.78, 5) is 0. The van der Waals surface area contributed by atoms with Gasteiger partial charge in [-0.2, -0.15) is 0 Å². The fourth-order valence-corrected chi connectivity index (χ4v) is 5.22. The zero-order valence-corrected chi connectivity index (χ0v) is 10.5. The van der Waals surface area contributed by atoms with E-state index in [0.717, 1.165) is 11.5 Å². The minimum absolute atomic E-state index is 1.04. The third-order valence-electron chi connectivity index (χ3n) is 3.34. The summed E-state index contributed by atoms with van der Waals surface area (Å²) in [7, 11) is -1.56. The maximum Gasteiger partial charge on any atom is 0.127 e. The van der Waals surface area contributed by atoms with Gasteiger partial charge in [-0.3, -0.25) is 0 Å². The normalized spacial score (nSPS) is 15.9. The molecule has 1 aliphatic heterocycles. The Balaban J connectivity index is 2.28. The van der Waals surface area contributed by atoms with Crippen LogP contribution in [0.3, 0.4) is 0 Å². The number of fused-ring (bicyclic) bond motifs is 2. The van der Waals surface area contributed by atoms with Crippen LogP contribution in [-0.2, 0) is 0 Å². The predicted molar refractivity (Wildman–Crippen MR) is 69.7 cm³/mol. The molecule has 0 atom stereocenters. The van der Waals surface area contributed by atoms with Crippen molar-refractivity contribution in [1.82, 2.24) is 0 Å². The Morgan fingerprint density at radius 2 is 1.19 bits per heavy atom. The Labute approximate surface area is 96.7 Å². The molecule has 0 amide bonds. The average molecular weight is 226 g/mol. The van der Waals surface area contributed by atoms with Crippen LogP contribution >= 0.6 is 0 Å². The molecule has 2 heteroatoms. The lowest BCUT2D eigenvalue weighted by molar-refractivity contribution is 0.486. The van der Waals surface area contributed by atoms with E-state index in [1.807, 2.05) is 12.1 Å². The van der Waals surface area contributed by atoms with Crippen molar-refractivity contribution in [3.8, 4) is 11.5 Å². The highest BCUT2D eigenvalue weighted by atomic mass is 28.3. The van der Waals surface area contributed by atoms with Crippen molar-refractivity contribution in [3.05, 3.63) is 48.5 Å². The Kier molecular flexibility index (Phi) is 1.95. The quantitative estimate of drug-likeness (QED) is 0.627. The lowest BCUT2D eigenvalue weighted by Gasteiger charge is -2.32. The van der Waals surface area contributed by atoms with Crippen molar-refractivity contribution in [2.45, 2.75) is 13.1 Å². The van der Waals surface area contributed by atoms with Gasteiger partial charge in [0.25, 0.3) is 0 Å². The van der Waals surface area contributed by atoms with Gasteiger partial charge in [-0.25, -0.2) is 0 Å². The maximum absolute atomic E-state index is 5.95. The van der Waals surface area contributed by atoms with E-state index in [0.29, 0.717) is 0 Å². The fraction of sp³-hybridized carbons (Fsp3) is 0.143. The Morgan fingerprint density at radius 1 is 0.750 bits per heavy atom. The fourth-order valence-electron chi connectivity index (χ4n) is 2.41. The highest BCUT2D eigenvalue weighted by Gasteiger charge is 2.35. The monoisotopic (exact) mass is 226 g/mol. The SMILES string of the molecule is C[Si]1(C)c2ccccc2Oc2ccccc21. The molecule has 80 valence electrons. The van der Waals surface area contributed by atoms with Crippen molar-refractivity contribution in [2.75, 3.05) is 0 Å². The van der Waals surface area contributed by atoms with Gasteiger partial charge in [-0.15, -0.1) is 0 Å². The minimum Gasteiger partial charge on any atom is -0.458 e. The first kappa shape index (κ1) is 9.67. The standard InChI is InChI=1S/C14H14OSi/c1-16(2)13-9-5-3-7-11(13)15-12-8-4-6-10-14(12)16/h3-10H,1-2H3. The smallest absolute Gasteiger partial charge is 0.127 e. The molecule has 0 bridgehead atoms. The summed E-state index contributed by atoms with van der Waals surface area (Å²) in [6, 6.07) is 16.8. The Hall–Kier alpha value is -1.54. The number of hydrogen-bond acceptors (Lipinski definition) is 1.